The maximum absolute atomic E-state index is 6.15. The topological polar surface area (TPSA) is 51.0 Å². The summed E-state index contributed by atoms with van der Waals surface area (Å²) in [5.41, 5.74) is 6.27. The number of hydrogen-bond acceptors (Lipinski definition) is 5. The second-order valence-electron chi connectivity index (χ2n) is 5.85. The van der Waals surface area contributed by atoms with E-state index in [4.69, 9.17) is 15.2 Å². The molecule has 1 aliphatic carbocycles. The highest BCUT2D eigenvalue weighted by atomic mass is 16.5. The van der Waals surface area contributed by atoms with E-state index in [9.17, 15) is 0 Å². The Labute approximate surface area is 117 Å². The zero-order valence-electron chi connectivity index (χ0n) is 12.4. The highest BCUT2D eigenvalue weighted by Gasteiger charge is 2.45. The largest absolute Gasteiger partial charge is 0.383 e. The van der Waals surface area contributed by atoms with E-state index in [1.165, 1.54) is 25.8 Å². The van der Waals surface area contributed by atoms with Crippen molar-refractivity contribution in [2.24, 2.45) is 5.73 Å². The second-order valence-corrected chi connectivity index (χ2v) is 5.85. The third kappa shape index (κ3) is 3.67. The molecule has 2 N–H and O–H groups in total. The fraction of sp³-hybridized carbons (Fsp3) is 1.00. The van der Waals surface area contributed by atoms with Crippen molar-refractivity contribution < 1.29 is 9.47 Å². The molecule has 2 aliphatic rings. The van der Waals surface area contributed by atoms with Crippen molar-refractivity contribution >= 4 is 0 Å². The zero-order valence-corrected chi connectivity index (χ0v) is 12.4. The molecule has 112 valence electrons. The van der Waals surface area contributed by atoms with Crippen LogP contribution in [0.5, 0.6) is 0 Å². The third-order valence-corrected chi connectivity index (χ3v) is 4.61. The Bertz CT molecular complexity index is 265. The van der Waals surface area contributed by atoms with Gasteiger partial charge in [0.25, 0.3) is 0 Å². The van der Waals surface area contributed by atoms with Crippen LogP contribution in [0.15, 0.2) is 0 Å². The van der Waals surface area contributed by atoms with Crippen molar-refractivity contribution in [2.45, 2.75) is 30.8 Å². The minimum Gasteiger partial charge on any atom is -0.383 e. The number of likely N-dealkylation sites (tertiary alicyclic amines) is 1. The summed E-state index contributed by atoms with van der Waals surface area (Å²) in [6.45, 7) is 6.43. The molecule has 0 aromatic carbocycles. The Balaban J connectivity index is 1.97. The SMILES string of the molecule is COCCN(CCOC)C1(CN)CCN(C2CC2)C1. The molecular formula is C14H29N3O2. The molecule has 1 saturated carbocycles. The quantitative estimate of drug-likeness (QED) is 0.647. The molecule has 1 unspecified atom stereocenters. The minimum absolute atomic E-state index is 0.125. The lowest BCUT2D eigenvalue weighted by Gasteiger charge is -2.40. The van der Waals surface area contributed by atoms with Crippen LogP contribution in [0.25, 0.3) is 0 Å². The van der Waals surface area contributed by atoms with Crippen LogP contribution < -0.4 is 5.73 Å². The fourth-order valence-electron chi connectivity index (χ4n) is 3.18. The number of nitrogens with two attached hydrogens (primary N) is 1. The zero-order chi connectivity index (χ0) is 13.7. The van der Waals surface area contributed by atoms with Gasteiger partial charge in [-0.3, -0.25) is 9.80 Å². The molecule has 0 aromatic heterocycles. The van der Waals surface area contributed by atoms with E-state index in [0.29, 0.717) is 0 Å². The summed E-state index contributed by atoms with van der Waals surface area (Å²) < 4.78 is 10.5. The van der Waals surface area contributed by atoms with Crippen molar-refractivity contribution in [2.75, 3.05) is 60.2 Å². The monoisotopic (exact) mass is 271 g/mol. The second kappa shape index (κ2) is 6.99. The van der Waals surface area contributed by atoms with Crippen LogP contribution in [0.2, 0.25) is 0 Å². The van der Waals surface area contributed by atoms with Gasteiger partial charge >= 0.3 is 0 Å². The van der Waals surface area contributed by atoms with Crippen molar-refractivity contribution in [1.82, 2.24) is 9.80 Å². The van der Waals surface area contributed by atoms with Crippen molar-refractivity contribution in [3.63, 3.8) is 0 Å². The predicted octanol–water partition coefficient (Wildman–Crippen LogP) is 0.147. The van der Waals surface area contributed by atoms with Crippen LogP contribution in [0.3, 0.4) is 0 Å². The van der Waals surface area contributed by atoms with Crippen molar-refractivity contribution in [3.05, 3.63) is 0 Å². The Morgan fingerprint density at radius 1 is 1.21 bits per heavy atom. The summed E-state index contributed by atoms with van der Waals surface area (Å²) in [5.74, 6) is 0. The highest BCUT2D eigenvalue weighted by Crippen LogP contribution is 2.35. The van der Waals surface area contributed by atoms with E-state index in [0.717, 1.165) is 45.4 Å². The van der Waals surface area contributed by atoms with E-state index in [2.05, 4.69) is 9.80 Å². The van der Waals surface area contributed by atoms with Gasteiger partial charge in [0, 0.05) is 58.5 Å². The molecule has 0 aromatic rings. The fourth-order valence-corrected chi connectivity index (χ4v) is 3.18. The molecule has 5 heteroatoms. The molecular weight excluding hydrogens is 242 g/mol. The lowest BCUT2D eigenvalue weighted by molar-refractivity contribution is 0.0404. The standard InChI is InChI=1S/C14H29N3O2/c1-18-9-7-17(8-10-19-2)14(11-15)5-6-16(12-14)13-3-4-13/h13H,3-12,15H2,1-2H3. The summed E-state index contributed by atoms with van der Waals surface area (Å²) in [6, 6.07) is 0.833. The van der Waals surface area contributed by atoms with Crippen molar-refractivity contribution in [1.29, 1.82) is 0 Å². The van der Waals surface area contributed by atoms with Crippen LogP contribution in [-0.2, 0) is 9.47 Å². The van der Waals surface area contributed by atoms with Crippen LogP contribution in [0.4, 0.5) is 0 Å². The lowest BCUT2D eigenvalue weighted by Crippen LogP contribution is -2.57. The molecule has 0 spiro atoms. The van der Waals surface area contributed by atoms with Crippen LogP contribution in [0, 0.1) is 0 Å². The first kappa shape index (κ1) is 15.2. The average molecular weight is 271 g/mol. The smallest absolute Gasteiger partial charge is 0.0589 e. The number of methoxy groups -OCH3 is 2. The van der Waals surface area contributed by atoms with Crippen LogP contribution >= 0.6 is 0 Å². The van der Waals surface area contributed by atoms with Crippen LogP contribution in [0.1, 0.15) is 19.3 Å². The van der Waals surface area contributed by atoms with Gasteiger partial charge in [-0.25, -0.2) is 0 Å². The molecule has 0 bridgehead atoms. The van der Waals surface area contributed by atoms with E-state index >= 15 is 0 Å². The molecule has 1 atom stereocenters. The van der Waals surface area contributed by atoms with Gasteiger partial charge < -0.3 is 15.2 Å². The van der Waals surface area contributed by atoms with Gasteiger partial charge in [0.2, 0.25) is 0 Å². The van der Waals surface area contributed by atoms with Gasteiger partial charge in [0.1, 0.15) is 0 Å². The first-order chi connectivity index (χ1) is 9.25. The number of rotatable bonds is 9. The Morgan fingerprint density at radius 2 is 1.84 bits per heavy atom. The normalized spacial score (nSPS) is 28.4. The Hall–Kier alpha value is -0.200. The maximum atomic E-state index is 6.15. The predicted molar refractivity (Wildman–Crippen MR) is 76.3 cm³/mol. The summed E-state index contributed by atoms with van der Waals surface area (Å²) in [4.78, 5) is 5.11. The molecule has 0 amide bonds. The molecule has 1 heterocycles. The molecule has 19 heavy (non-hydrogen) atoms. The third-order valence-electron chi connectivity index (χ3n) is 4.61. The van der Waals surface area contributed by atoms with E-state index < -0.39 is 0 Å². The minimum atomic E-state index is 0.125. The molecule has 1 aliphatic heterocycles. The van der Waals surface area contributed by atoms with E-state index in [1.807, 2.05) is 0 Å². The van der Waals surface area contributed by atoms with E-state index in [-0.39, 0.29) is 5.54 Å². The van der Waals surface area contributed by atoms with Gasteiger partial charge in [-0.1, -0.05) is 0 Å². The summed E-state index contributed by atoms with van der Waals surface area (Å²) >= 11 is 0. The van der Waals surface area contributed by atoms with Crippen LogP contribution in [-0.4, -0.2) is 81.5 Å². The Morgan fingerprint density at radius 3 is 2.32 bits per heavy atom. The van der Waals surface area contributed by atoms with Gasteiger partial charge in [0.05, 0.1) is 13.2 Å². The van der Waals surface area contributed by atoms with Crippen molar-refractivity contribution in [3.8, 4) is 0 Å². The molecule has 0 radical (unpaired) electrons. The summed E-state index contributed by atoms with van der Waals surface area (Å²) in [7, 11) is 3.52. The lowest BCUT2D eigenvalue weighted by atomic mass is 9.96. The molecule has 2 fully saturated rings. The van der Waals surface area contributed by atoms with Gasteiger partial charge in [-0.15, -0.1) is 0 Å². The maximum Gasteiger partial charge on any atom is 0.0589 e. The number of hydrogen-bond donors (Lipinski definition) is 1. The number of nitrogens with zero attached hydrogens (tertiary/aromatic N) is 2. The van der Waals surface area contributed by atoms with Gasteiger partial charge in [-0.05, 0) is 19.3 Å². The summed E-state index contributed by atoms with van der Waals surface area (Å²) in [6.07, 6.45) is 3.92. The average Bonchev–Trinajstić information content (AvgIpc) is 3.19. The molecule has 5 nitrogen and oxygen atoms in total. The summed E-state index contributed by atoms with van der Waals surface area (Å²) in [5, 5.41) is 0. The Kier molecular flexibility index (Phi) is 5.59. The highest BCUT2D eigenvalue weighted by molar-refractivity contribution is 5.03. The first-order valence-corrected chi connectivity index (χ1v) is 7.43. The first-order valence-electron chi connectivity index (χ1n) is 7.43. The van der Waals surface area contributed by atoms with E-state index in [1.54, 1.807) is 14.2 Å². The molecule has 1 saturated heterocycles. The number of ether oxygens (including phenoxy) is 2. The molecule has 2 rings (SSSR count). The van der Waals surface area contributed by atoms with Gasteiger partial charge in [0.15, 0.2) is 0 Å². The van der Waals surface area contributed by atoms with Gasteiger partial charge in [-0.2, -0.15) is 0 Å².